The number of guanidine groups is 1. The predicted molar refractivity (Wildman–Crippen MR) is 213 cm³/mol. The first-order chi connectivity index (χ1) is 26.2. The largest absolute Gasteiger partial charge is 0.458 e. The van der Waals surface area contributed by atoms with E-state index in [4.69, 9.17) is 20.9 Å². The standard InChI is InChI=1S/C42H53N7O6/c1-25(2)21-36(39(52)55-42(3,4)5)48-37(50)34(19-12-20-45-40(43)44)47-38(51)35(22-26-23-46-33-18-11-10-13-27(26)33)49-41(53)54-24-32-30-16-8-6-14-28(30)29-15-7-9-17-31(29)32/h6-11,13-18,23,25,32,34-36,46H,12,19-22,24H2,1-5H3,(H,47,51)(H,48,50)(H,49,53)(H4,43,44,45)/t34-,35-,36-/m0/s1. The van der Waals surface area contributed by atoms with Gasteiger partial charge in [0.05, 0.1) is 0 Å². The molecule has 0 unspecified atom stereocenters. The zero-order valence-corrected chi connectivity index (χ0v) is 32.2. The van der Waals surface area contributed by atoms with E-state index in [1.165, 1.54) is 0 Å². The maximum Gasteiger partial charge on any atom is 0.407 e. The minimum Gasteiger partial charge on any atom is -0.458 e. The van der Waals surface area contributed by atoms with Crippen LogP contribution in [0.3, 0.4) is 0 Å². The zero-order chi connectivity index (χ0) is 39.7. The fourth-order valence-electron chi connectivity index (χ4n) is 6.89. The fraction of sp³-hybridized carbons (Fsp3) is 0.405. The van der Waals surface area contributed by atoms with Crippen LogP contribution in [0.15, 0.2) is 84.0 Å². The van der Waals surface area contributed by atoms with Gasteiger partial charge in [0.25, 0.3) is 0 Å². The highest BCUT2D eigenvalue weighted by atomic mass is 16.6. The highest BCUT2D eigenvalue weighted by Gasteiger charge is 2.33. The van der Waals surface area contributed by atoms with Crippen LogP contribution in [0.2, 0.25) is 0 Å². The third-order valence-corrected chi connectivity index (χ3v) is 9.34. The molecule has 0 aliphatic heterocycles. The van der Waals surface area contributed by atoms with Crippen LogP contribution < -0.4 is 27.4 Å². The first-order valence-corrected chi connectivity index (χ1v) is 18.8. The van der Waals surface area contributed by atoms with E-state index in [2.05, 4.69) is 38.1 Å². The van der Waals surface area contributed by atoms with Crippen molar-refractivity contribution < 1.29 is 28.7 Å². The van der Waals surface area contributed by atoms with Gasteiger partial charge in [0.15, 0.2) is 5.96 Å². The average Bonchev–Trinajstić information content (AvgIpc) is 3.69. The van der Waals surface area contributed by atoms with E-state index in [-0.39, 0.29) is 43.8 Å². The second-order valence-electron chi connectivity index (χ2n) is 15.3. The number of hydrogen-bond donors (Lipinski definition) is 6. The number of aliphatic imine (C=N–C) groups is 1. The van der Waals surface area contributed by atoms with Crippen molar-refractivity contribution in [2.75, 3.05) is 13.2 Å². The molecule has 55 heavy (non-hydrogen) atoms. The van der Waals surface area contributed by atoms with E-state index in [9.17, 15) is 19.2 Å². The molecule has 0 radical (unpaired) electrons. The Labute approximate surface area is 322 Å². The van der Waals surface area contributed by atoms with Crippen molar-refractivity contribution in [3.63, 3.8) is 0 Å². The first kappa shape index (κ1) is 40.3. The summed E-state index contributed by atoms with van der Waals surface area (Å²) in [6.45, 7) is 9.39. The van der Waals surface area contributed by atoms with E-state index in [0.29, 0.717) is 12.8 Å². The summed E-state index contributed by atoms with van der Waals surface area (Å²) in [6.07, 6.45) is 1.91. The number of alkyl carbamates (subject to hydrolysis) is 1. The lowest BCUT2D eigenvalue weighted by Gasteiger charge is -2.28. The van der Waals surface area contributed by atoms with Crippen LogP contribution in [0.25, 0.3) is 22.0 Å². The molecule has 0 fully saturated rings. The monoisotopic (exact) mass is 751 g/mol. The van der Waals surface area contributed by atoms with Crippen LogP contribution in [0, 0.1) is 5.92 Å². The smallest absolute Gasteiger partial charge is 0.407 e. The number of amides is 3. The highest BCUT2D eigenvalue weighted by molar-refractivity contribution is 5.94. The Morgan fingerprint density at radius 3 is 2.05 bits per heavy atom. The first-order valence-electron chi connectivity index (χ1n) is 18.8. The number of aromatic amines is 1. The van der Waals surface area contributed by atoms with Gasteiger partial charge in [0.1, 0.15) is 30.3 Å². The summed E-state index contributed by atoms with van der Waals surface area (Å²) in [7, 11) is 0. The van der Waals surface area contributed by atoms with Crippen LogP contribution >= 0.6 is 0 Å². The van der Waals surface area contributed by atoms with E-state index in [1.54, 1.807) is 27.0 Å². The highest BCUT2D eigenvalue weighted by Crippen LogP contribution is 2.44. The lowest BCUT2D eigenvalue weighted by atomic mass is 9.98. The van der Waals surface area contributed by atoms with E-state index < -0.39 is 47.6 Å². The number of fused-ring (bicyclic) bond motifs is 4. The lowest BCUT2D eigenvalue weighted by molar-refractivity contribution is -0.159. The normalized spacial score (nSPS) is 13.9. The van der Waals surface area contributed by atoms with Gasteiger partial charge < -0.3 is 41.9 Å². The number of rotatable bonds is 16. The summed E-state index contributed by atoms with van der Waals surface area (Å²) in [5, 5.41) is 9.32. The molecule has 1 aromatic heterocycles. The molecule has 13 nitrogen and oxygen atoms in total. The fourth-order valence-corrected chi connectivity index (χ4v) is 6.89. The Kier molecular flexibility index (Phi) is 13.2. The number of carbonyl (C=O) groups excluding carboxylic acids is 4. The average molecular weight is 752 g/mol. The summed E-state index contributed by atoms with van der Waals surface area (Å²) in [5.74, 6) is -2.00. The number of hydrogen-bond acceptors (Lipinski definition) is 7. The number of nitrogens with two attached hydrogens (primary N) is 2. The van der Waals surface area contributed by atoms with Gasteiger partial charge in [-0.2, -0.15) is 0 Å². The third-order valence-electron chi connectivity index (χ3n) is 9.34. The molecule has 1 aliphatic carbocycles. The van der Waals surface area contributed by atoms with Gasteiger partial charge >= 0.3 is 12.1 Å². The van der Waals surface area contributed by atoms with Crippen molar-refractivity contribution in [2.24, 2.45) is 22.4 Å². The van der Waals surface area contributed by atoms with Gasteiger partial charge in [-0.05, 0) is 79.8 Å². The Bertz CT molecular complexity index is 1970. The molecule has 8 N–H and O–H groups in total. The molecule has 0 saturated heterocycles. The number of benzene rings is 3. The van der Waals surface area contributed by atoms with E-state index in [1.807, 2.05) is 74.5 Å². The van der Waals surface area contributed by atoms with Crippen LogP contribution in [-0.4, -0.2) is 71.7 Å². The van der Waals surface area contributed by atoms with Gasteiger partial charge in [0.2, 0.25) is 11.8 Å². The predicted octanol–water partition coefficient (Wildman–Crippen LogP) is 5.03. The molecule has 0 saturated carbocycles. The maximum atomic E-state index is 14.2. The van der Waals surface area contributed by atoms with Crippen molar-refractivity contribution in [1.82, 2.24) is 20.9 Å². The molecule has 3 aromatic carbocycles. The second-order valence-corrected chi connectivity index (χ2v) is 15.3. The van der Waals surface area contributed by atoms with Crippen molar-refractivity contribution >= 4 is 40.7 Å². The van der Waals surface area contributed by atoms with Gasteiger partial charge in [-0.15, -0.1) is 0 Å². The van der Waals surface area contributed by atoms with Gasteiger partial charge in [-0.3, -0.25) is 14.6 Å². The minimum absolute atomic E-state index is 0.0506. The Hall–Kier alpha value is -5.85. The van der Waals surface area contributed by atoms with Crippen LogP contribution in [0.4, 0.5) is 4.79 Å². The summed E-state index contributed by atoms with van der Waals surface area (Å²) in [5.41, 5.74) is 16.2. The van der Waals surface area contributed by atoms with Crippen molar-refractivity contribution in [2.45, 2.75) is 89.9 Å². The van der Waals surface area contributed by atoms with Crippen molar-refractivity contribution in [3.05, 3.63) is 95.7 Å². The number of ether oxygens (including phenoxy) is 2. The van der Waals surface area contributed by atoms with Gasteiger partial charge in [0, 0.05) is 36.0 Å². The number of para-hydroxylation sites is 1. The quantitative estimate of drug-likeness (QED) is 0.0396. The molecule has 13 heteroatoms. The maximum absolute atomic E-state index is 14.2. The number of H-pyrrole nitrogens is 1. The molecule has 3 amide bonds. The number of esters is 1. The van der Waals surface area contributed by atoms with E-state index in [0.717, 1.165) is 38.7 Å². The van der Waals surface area contributed by atoms with Gasteiger partial charge in [-0.25, -0.2) is 9.59 Å². The molecule has 292 valence electrons. The topological polar surface area (TPSA) is 203 Å². The third kappa shape index (κ3) is 10.9. The number of nitrogens with zero attached hydrogens (tertiary/aromatic N) is 1. The second kappa shape index (κ2) is 18.0. The molecule has 1 heterocycles. The Balaban J connectivity index is 1.36. The lowest BCUT2D eigenvalue weighted by Crippen LogP contribution is -2.56. The minimum atomic E-state index is -1.14. The Morgan fingerprint density at radius 2 is 1.42 bits per heavy atom. The van der Waals surface area contributed by atoms with Crippen LogP contribution in [-0.2, 0) is 30.3 Å². The summed E-state index contributed by atoms with van der Waals surface area (Å²) in [4.78, 5) is 62.1. The SMILES string of the molecule is CC(C)C[C@H](NC(=O)[C@H](CCCN=C(N)N)NC(=O)[C@H](Cc1c[nH]c2ccccc12)NC(=O)OCC1c2ccccc2-c2ccccc21)C(=O)OC(C)(C)C. The molecule has 5 rings (SSSR count). The van der Waals surface area contributed by atoms with Crippen LogP contribution in [0.1, 0.15) is 76.5 Å². The molecule has 4 aromatic rings. The number of nitrogens with one attached hydrogen (secondary N) is 4. The summed E-state index contributed by atoms with van der Waals surface area (Å²) < 4.78 is 11.4. The van der Waals surface area contributed by atoms with E-state index >= 15 is 0 Å². The molecule has 0 spiro atoms. The molecule has 1 aliphatic rings. The zero-order valence-electron chi connectivity index (χ0n) is 32.2. The molecule has 0 bridgehead atoms. The van der Waals surface area contributed by atoms with Crippen LogP contribution in [0.5, 0.6) is 0 Å². The molecular formula is C42H53N7O6. The molecular weight excluding hydrogens is 699 g/mol. The molecule has 3 atom stereocenters. The summed E-state index contributed by atoms with van der Waals surface area (Å²) >= 11 is 0. The summed E-state index contributed by atoms with van der Waals surface area (Å²) in [6, 6.07) is 20.5. The van der Waals surface area contributed by atoms with Crippen molar-refractivity contribution in [3.8, 4) is 11.1 Å². The van der Waals surface area contributed by atoms with Crippen molar-refractivity contribution in [1.29, 1.82) is 0 Å². The van der Waals surface area contributed by atoms with Gasteiger partial charge in [-0.1, -0.05) is 80.6 Å². The number of carbonyl (C=O) groups is 4. The number of aromatic nitrogens is 1. The Morgan fingerprint density at radius 1 is 0.818 bits per heavy atom.